The molecule has 0 bridgehead atoms. The van der Waals surface area contributed by atoms with E-state index in [4.69, 9.17) is 9.97 Å². The van der Waals surface area contributed by atoms with Gasteiger partial charge in [0.15, 0.2) is 5.82 Å². The molecular formula is C62H36N2S. The Balaban J connectivity index is 1.000. The second-order valence-corrected chi connectivity index (χ2v) is 18.3. The van der Waals surface area contributed by atoms with Gasteiger partial charge in [0.1, 0.15) is 0 Å². The topological polar surface area (TPSA) is 25.8 Å². The summed E-state index contributed by atoms with van der Waals surface area (Å²) in [6, 6.07) is 79.9. The van der Waals surface area contributed by atoms with Gasteiger partial charge in [-0.15, -0.1) is 11.3 Å². The Kier molecular flexibility index (Phi) is 7.89. The molecule has 0 aliphatic rings. The molecule has 300 valence electrons. The molecule has 0 N–H and O–H groups in total. The second kappa shape index (κ2) is 14.1. The molecule has 2 nitrogen and oxygen atoms in total. The Labute approximate surface area is 378 Å². The van der Waals surface area contributed by atoms with E-state index in [2.05, 4.69) is 218 Å². The van der Waals surface area contributed by atoms with Gasteiger partial charge in [0, 0.05) is 36.9 Å². The number of hydrogen-bond donors (Lipinski definition) is 0. The molecular weight excluding hydrogens is 805 g/mol. The first-order valence-corrected chi connectivity index (χ1v) is 23.0. The van der Waals surface area contributed by atoms with E-state index in [0.717, 1.165) is 33.6 Å². The lowest BCUT2D eigenvalue weighted by Gasteiger charge is -2.17. The van der Waals surface area contributed by atoms with Crippen LogP contribution in [0.2, 0.25) is 0 Å². The van der Waals surface area contributed by atoms with Crippen LogP contribution >= 0.6 is 11.3 Å². The van der Waals surface area contributed by atoms with Crippen LogP contribution in [0.5, 0.6) is 0 Å². The normalized spacial score (nSPS) is 12.0. The van der Waals surface area contributed by atoms with E-state index in [9.17, 15) is 0 Å². The van der Waals surface area contributed by atoms with Crippen molar-refractivity contribution in [3.8, 4) is 56.2 Å². The molecule has 0 saturated heterocycles. The van der Waals surface area contributed by atoms with Crippen LogP contribution in [-0.2, 0) is 0 Å². The van der Waals surface area contributed by atoms with Crippen LogP contribution < -0.4 is 0 Å². The van der Waals surface area contributed by atoms with Gasteiger partial charge in [0.25, 0.3) is 0 Å². The minimum Gasteiger partial charge on any atom is -0.228 e. The lowest BCUT2D eigenvalue weighted by atomic mass is 9.87. The third kappa shape index (κ3) is 5.66. The van der Waals surface area contributed by atoms with Crippen LogP contribution in [0.15, 0.2) is 218 Å². The molecule has 0 aliphatic heterocycles. The molecule has 0 saturated carbocycles. The number of nitrogens with zero attached hydrogens (tertiary/aromatic N) is 2. The molecule has 0 radical (unpaired) electrons. The lowest BCUT2D eigenvalue weighted by molar-refractivity contribution is 1.18. The van der Waals surface area contributed by atoms with Crippen LogP contribution in [-0.4, -0.2) is 9.97 Å². The van der Waals surface area contributed by atoms with E-state index < -0.39 is 0 Å². The van der Waals surface area contributed by atoms with Crippen molar-refractivity contribution in [2.75, 3.05) is 0 Å². The standard InChI is InChI=1S/C62H36N2S/c1-2-10-37(11-3-1)38-22-31-44(32-23-38)62-63-54(40-26-24-39(25-27-40)47-16-9-20-52-48-15-4-5-21-56(48)65-61(47)52)36-55(64-62)46-34-45-33-30-43-13-7-18-50-49-17-6-12-41-28-29-42-14-8-19-51(59(42)57(41)49)53(35-46)60(45)58(43)50/h1-36H. The summed E-state index contributed by atoms with van der Waals surface area (Å²) in [6.07, 6.45) is 0. The van der Waals surface area contributed by atoms with E-state index >= 15 is 0 Å². The van der Waals surface area contributed by atoms with E-state index in [1.165, 1.54) is 101 Å². The number of aromatic nitrogens is 2. The molecule has 12 aromatic carbocycles. The molecule has 65 heavy (non-hydrogen) atoms. The number of hydrogen-bond acceptors (Lipinski definition) is 3. The highest BCUT2D eigenvalue weighted by atomic mass is 32.1. The number of benzene rings is 11. The predicted molar refractivity (Wildman–Crippen MR) is 278 cm³/mol. The van der Waals surface area contributed by atoms with Gasteiger partial charge in [-0.3, -0.25) is 0 Å². The molecule has 0 atom stereocenters. The summed E-state index contributed by atoms with van der Waals surface area (Å²) in [5.74, 6) is 0.695. The van der Waals surface area contributed by atoms with Gasteiger partial charge in [-0.25, -0.2) is 9.97 Å². The summed E-state index contributed by atoms with van der Waals surface area (Å²) in [5.41, 5.74) is 9.62. The average molecular weight is 841 g/mol. The van der Waals surface area contributed by atoms with Crippen molar-refractivity contribution in [3.63, 3.8) is 0 Å². The number of rotatable bonds is 5. The van der Waals surface area contributed by atoms with E-state index in [1.54, 1.807) is 0 Å². The van der Waals surface area contributed by atoms with E-state index in [-0.39, 0.29) is 0 Å². The smallest absolute Gasteiger partial charge is 0.160 e. The molecule has 0 spiro atoms. The summed E-state index contributed by atoms with van der Waals surface area (Å²) < 4.78 is 2.62. The fourth-order valence-corrected chi connectivity index (χ4v) is 11.8. The van der Waals surface area contributed by atoms with Gasteiger partial charge >= 0.3 is 0 Å². The average Bonchev–Trinajstić information content (AvgIpc) is 3.76. The first kappa shape index (κ1) is 36.3. The lowest BCUT2D eigenvalue weighted by Crippen LogP contribution is -1.96. The van der Waals surface area contributed by atoms with Crippen LogP contribution in [0.4, 0.5) is 0 Å². The zero-order valence-electron chi connectivity index (χ0n) is 35.1. The van der Waals surface area contributed by atoms with Crippen LogP contribution in [0.1, 0.15) is 0 Å². The van der Waals surface area contributed by atoms with Gasteiger partial charge < -0.3 is 0 Å². The maximum absolute atomic E-state index is 5.44. The fraction of sp³-hybridized carbons (Fsp3) is 0. The van der Waals surface area contributed by atoms with Crippen LogP contribution in [0, 0.1) is 0 Å². The Hall–Kier alpha value is -8.24. The third-order valence-corrected chi connectivity index (χ3v) is 14.8. The summed E-state index contributed by atoms with van der Waals surface area (Å²) in [6.45, 7) is 0. The second-order valence-electron chi connectivity index (χ2n) is 17.2. The number of thiophene rings is 1. The van der Waals surface area contributed by atoms with Crippen molar-refractivity contribution in [1.29, 1.82) is 0 Å². The van der Waals surface area contributed by atoms with Gasteiger partial charge in [-0.05, 0) is 111 Å². The largest absolute Gasteiger partial charge is 0.228 e. The van der Waals surface area contributed by atoms with Crippen molar-refractivity contribution in [1.82, 2.24) is 9.97 Å². The van der Waals surface area contributed by atoms with Gasteiger partial charge in [-0.1, -0.05) is 194 Å². The third-order valence-electron chi connectivity index (χ3n) is 13.6. The van der Waals surface area contributed by atoms with Crippen molar-refractivity contribution < 1.29 is 0 Å². The molecule has 2 aromatic heterocycles. The van der Waals surface area contributed by atoms with Gasteiger partial charge in [0.2, 0.25) is 0 Å². The predicted octanol–water partition coefficient (Wildman–Crippen LogP) is 17.5. The van der Waals surface area contributed by atoms with Crippen molar-refractivity contribution in [2.24, 2.45) is 0 Å². The summed E-state index contributed by atoms with van der Waals surface area (Å²) >= 11 is 1.87. The molecule has 0 aliphatic carbocycles. The van der Waals surface area contributed by atoms with Gasteiger partial charge in [-0.2, -0.15) is 0 Å². The SMILES string of the molecule is c1ccc(-c2ccc(-c3nc(-c4ccc(-c5cccc6c5sc5ccccc56)cc4)cc(-c4cc5ccc6cccc7c8cccc9ccc%10cccc(c(c4)c5c67)c%10c98)n3)cc2)cc1. The highest BCUT2D eigenvalue weighted by Crippen LogP contribution is 2.45. The highest BCUT2D eigenvalue weighted by Gasteiger charge is 2.19. The zero-order chi connectivity index (χ0) is 42.6. The Bertz CT molecular complexity index is 4200. The molecule has 14 rings (SSSR count). The van der Waals surface area contributed by atoms with Crippen molar-refractivity contribution in [3.05, 3.63) is 218 Å². The first-order valence-electron chi connectivity index (χ1n) is 22.2. The summed E-state index contributed by atoms with van der Waals surface area (Å²) in [5, 5.41) is 17.7. The van der Waals surface area contributed by atoms with Crippen molar-refractivity contribution >= 4 is 96.1 Å². The molecule has 2 heterocycles. The molecule has 3 heteroatoms. The summed E-state index contributed by atoms with van der Waals surface area (Å²) in [7, 11) is 0. The maximum Gasteiger partial charge on any atom is 0.160 e. The minimum atomic E-state index is 0.695. The Morgan fingerprint density at radius 3 is 1.46 bits per heavy atom. The Morgan fingerprint density at radius 2 is 0.769 bits per heavy atom. The maximum atomic E-state index is 5.44. The molecule has 0 amide bonds. The van der Waals surface area contributed by atoms with E-state index in [1.807, 2.05) is 11.3 Å². The monoisotopic (exact) mass is 840 g/mol. The molecule has 0 fully saturated rings. The van der Waals surface area contributed by atoms with Crippen molar-refractivity contribution in [2.45, 2.75) is 0 Å². The molecule has 14 aromatic rings. The van der Waals surface area contributed by atoms with Gasteiger partial charge in [0.05, 0.1) is 11.4 Å². The van der Waals surface area contributed by atoms with Crippen LogP contribution in [0.25, 0.3) is 141 Å². The zero-order valence-corrected chi connectivity index (χ0v) is 35.9. The molecule has 0 unspecified atom stereocenters. The minimum absolute atomic E-state index is 0.695. The highest BCUT2D eigenvalue weighted by molar-refractivity contribution is 7.26. The first-order chi connectivity index (χ1) is 32.2. The quantitative estimate of drug-likeness (QED) is 0.161. The fourth-order valence-electron chi connectivity index (χ4n) is 10.5. The van der Waals surface area contributed by atoms with Crippen LogP contribution in [0.3, 0.4) is 0 Å². The number of fused-ring (bicyclic) bond motifs is 5. The van der Waals surface area contributed by atoms with E-state index in [0.29, 0.717) is 5.82 Å². The summed E-state index contributed by atoms with van der Waals surface area (Å²) in [4.78, 5) is 10.8. The Morgan fingerprint density at radius 1 is 0.277 bits per heavy atom.